The monoisotopic (exact) mass is 466 g/mol. The zero-order valence-electron chi connectivity index (χ0n) is 16.7. The van der Waals surface area contributed by atoms with Gasteiger partial charge in [-0.05, 0) is 25.4 Å². The molecular weight excluding hydrogens is 451 g/mol. The van der Waals surface area contributed by atoms with Crippen molar-refractivity contribution in [3.8, 4) is 11.8 Å². The summed E-state index contributed by atoms with van der Waals surface area (Å²) in [4.78, 5) is 23.3. The molecule has 0 radical (unpaired) electrons. The SMILES string of the molecule is Cc1nc(C)c(-n2nc(OCCCn3nc(Cl)c4cnc(Cl)nc43)c([N+](=O)[O-])c2C)o1. The Morgan fingerprint density at radius 1 is 1.23 bits per heavy atom. The normalized spacial score (nSPS) is 11.4. The van der Waals surface area contributed by atoms with E-state index in [0.717, 1.165) is 0 Å². The highest BCUT2D eigenvalue weighted by molar-refractivity contribution is 6.34. The van der Waals surface area contributed by atoms with Crippen molar-refractivity contribution in [3.05, 3.63) is 44.0 Å². The summed E-state index contributed by atoms with van der Waals surface area (Å²) in [7, 11) is 0. The lowest BCUT2D eigenvalue weighted by Crippen LogP contribution is -2.07. The Morgan fingerprint density at radius 2 is 2.00 bits per heavy atom. The van der Waals surface area contributed by atoms with Gasteiger partial charge in [0, 0.05) is 26.1 Å². The van der Waals surface area contributed by atoms with Crippen molar-refractivity contribution in [1.29, 1.82) is 0 Å². The van der Waals surface area contributed by atoms with Gasteiger partial charge in [-0.1, -0.05) is 11.6 Å². The molecule has 0 fully saturated rings. The Morgan fingerprint density at radius 3 is 2.68 bits per heavy atom. The first kappa shape index (κ1) is 21.0. The Bertz CT molecular complexity index is 1300. The Labute approximate surface area is 184 Å². The van der Waals surface area contributed by atoms with Crippen molar-refractivity contribution in [1.82, 2.24) is 34.5 Å². The summed E-state index contributed by atoms with van der Waals surface area (Å²) in [6.07, 6.45) is 1.96. The first-order valence-corrected chi connectivity index (χ1v) is 9.87. The van der Waals surface area contributed by atoms with Crippen LogP contribution in [-0.2, 0) is 6.54 Å². The molecular formula is C17H16Cl2N8O4. The molecule has 0 atom stereocenters. The molecule has 31 heavy (non-hydrogen) atoms. The average Bonchev–Trinajstić information content (AvgIpc) is 3.31. The van der Waals surface area contributed by atoms with Crippen LogP contribution in [0, 0.1) is 30.9 Å². The molecule has 4 aromatic rings. The van der Waals surface area contributed by atoms with E-state index in [1.54, 1.807) is 25.5 Å². The number of nitro groups is 1. The van der Waals surface area contributed by atoms with E-state index in [2.05, 4.69) is 25.1 Å². The van der Waals surface area contributed by atoms with Crippen molar-refractivity contribution < 1.29 is 14.1 Å². The second-order valence-electron chi connectivity index (χ2n) is 6.62. The van der Waals surface area contributed by atoms with E-state index in [1.807, 2.05) is 0 Å². The third-order valence-electron chi connectivity index (χ3n) is 4.48. The highest BCUT2D eigenvalue weighted by Gasteiger charge is 2.29. The number of halogens is 2. The lowest BCUT2D eigenvalue weighted by molar-refractivity contribution is -0.386. The standard InChI is InChI=1S/C17H16Cl2N8O4/c1-8-16(31-10(3)21-8)26-9(2)12(27(28)29)15(24-26)30-6-4-5-25-14-11(13(18)23-25)7-20-17(19)22-14/h7H,4-6H2,1-3H3. The lowest BCUT2D eigenvalue weighted by Gasteiger charge is -2.04. The maximum Gasteiger partial charge on any atom is 0.353 e. The predicted octanol–water partition coefficient (Wildman–Crippen LogP) is 3.61. The van der Waals surface area contributed by atoms with Crippen molar-refractivity contribution in [3.63, 3.8) is 0 Å². The van der Waals surface area contributed by atoms with E-state index < -0.39 is 4.92 Å². The number of ether oxygens (including phenoxy) is 1. The van der Waals surface area contributed by atoms with Crippen LogP contribution in [0.2, 0.25) is 10.4 Å². The third kappa shape index (κ3) is 3.91. The minimum Gasteiger partial charge on any atom is -0.472 e. The minimum atomic E-state index is -0.535. The third-order valence-corrected chi connectivity index (χ3v) is 4.94. The number of aryl methyl sites for hydroxylation is 3. The van der Waals surface area contributed by atoms with E-state index in [4.69, 9.17) is 32.4 Å². The first-order chi connectivity index (χ1) is 14.8. The molecule has 0 aliphatic rings. The lowest BCUT2D eigenvalue weighted by atomic mass is 10.4. The van der Waals surface area contributed by atoms with E-state index in [0.29, 0.717) is 41.5 Å². The summed E-state index contributed by atoms with van der Waals surface area (Å²) in [6, 6.07) is 0. The summed E-state index contributed by atoms with van der Waals surface area (Å²) < 4.78 is 14.1. The van der Waals surface area contributed by atoms with Gasteiger partial charge in [-0.3, -0.25) is 10.1 Å². The number of aromatic nitrogens is 7. The van der Waals surface area contributed by atoms with Gasteiger partial charge < -0.3 is 9.15 Å². The van der Waals surface area contributed by atoms with Crippen LogP contribution in [0.4, 0.5) is 5.69 Å². The fourth-order valence-electron chi connectivity index (χ4n) is 3.13. The van der Waals surface area contributed by atoms with Crippen LogP contribution in [0.15, 0.2) is 10.6 Å². The number of nitrogens with zero attached hydrogens (tertiary/aromatic N) is 8. The van der Waals surface area contributed by atoms with Crippen molar-refractivity contribution in [2.45, 2.75) is 33.7 Å². The molecule has 0 aliphatic carbocycles. The number of rotatable bonds is 7. The fourth-order valence-corrected chi connectivity index (χ4v) is 3.48. The van der Waals surface area contributed by atoms with E-state index in [1.165, 1.54) is 10.9 Å². The highest BCUT2D eigenvalue weighted by Crippen LogP contribution is 2.32. The summed E-state index contributed by atoms with van der Waals surface area (Å²) in [6.45, 7) is 5.52. The number of hydrogen-bond donors (Lipinski definition) is 0. The molecule has 0 aromatic carbocycles. The topological polar surface area (TPSA) is 140 Å². The van der Waals surface area contributed by atoms with E-state index in [9.17, 15) is 10.1 Å². The Kier molecular flexibility index (Phi) is 5.50. The minimum absolute atomic E-state index is 0.0798. The summed E-state index contributed by atoms with van der Waals surface area (Å²) in [5.74, 6) is 0.633. The van der Waals surface area contributed by atoms with Crippen LogP contribution in [0.5, 0.6) is 5.88 Å². The van der Waals surface area contributed by atoms with Crippen LogP contribution < -0.4 is 4.74 Å². The van der Waals surface area contributed by atoms with Crippen LogP contribution in [0.3, 0.4) is 0 Å². The summed E-state index contributed by atoms with van der Waals surface area (Å²) in [5.41, 5.74) is 1.09. The molecule has 0 saturated carbocycles. The summed E-state index contributed by atoms with van der Waals surface area (Å²) in [5, 5.41) is 20.9. The zero-order valence-corrected chi connectivity index (χ0v) is 18.2. The van der Waals surface area contributed by atoms with Gasteiger partial charge in [0.15, 0.2) is 16.7 Å². The van der Waals surface area contributed by atoms with Crippen LogP contribution in [0.25, 0.3) is 16.9 Å². The van der Waals surface area contributed by atoms with Gasteiger partial charge in [0.25, 0.3) is 0 Å². The largest absolute Gasteiger partial charge is 0.472 e. The molecule has 0 spiro atoms. The first-order valence-electron chi connectivity index (χ1n) is 9.12. The molecule has 12 nitrogen and oxygen atoms in total. The Balaban J connectivity index is 1.51. The molecule has 4 aromatic heterocycles. The van der Waals surface area contributed by atoms with Gasteiger partial charge in [-0.2, -0.15) is 14.8 Å². The maximum atomic E-state index is 11.6. The van der Waals surface area contributed by atoms with Crippen molar-refractivity contribution in [2.75, 3.05) is 6.61 Å². The predicted molar refractivity (Wildman–Crippen MR) is 110 cm³/mol. The molecule has 0 unspecified atom stereocenters. The summed E-state index contributed by atoms with van der Waals surface area (Å²) >= 11 is 12.0. The van der Waals surface area contributed by atoms with Gasteiger partial charge in [0.1, 0.15) is 11.4 Å². The molecule has 0 aliphatic heterocycles. The fraction of sp³-hybridized carbons (Fsp3) is 0.353. The van der Waals surface area contributed by atoms with Crippen LogP contribution >= 0.6 is 23.2 Å². The second kappa shape index (κ2) is 8.12. The molecule has 4 rings (SSSR count). The van der Waals surface area contributed by atoms with E-state index >= 15 is 0 Å². The van der Waals surface area contributed by atoms with Crippen molar-refractivity contribution in [2.24, 2.45) is 0 Å². The number of fused-ring (bicyclic) bond motifs is 1. The number of oxazole rings is 1. The molecule has 0 amide bonds. The maximum absolute atomic E-state index is 11.6. The number of hydrogen-bond acceptors (Lipinski definition) is 9. The molecule has 162 valence electrons. The van der Waals surface area contributed by atoms with Gasteiger partial charge in [-0.15, -0.1) is 5.10 Å². The smallest absolute Gasteiger partial charge is 0.353 e. The molecule has 14 heteroatoms. The zero-order chi connectivity index (χ0) is 22.3. The Hall–Kier alpha value is -3.25. The molecule has 0 saturated heterocycles. The van der Waals surface area contributed by atoms with Gasteiger partial charge >= 0.3 is 11.6 Å². The van der Waals surface area contributed by atoms with Gasteiger partial charge in [0.2, 0.25) is 11.2 Å². The van der Waals surface area contributed by atoms with Gasteiger partial charge in [-0.25, -0.2) is 14.6 Å². The average molecular weight is 467 g/mol. The highest BCUT2D eigenvalue weighted by atomic mass is 35.5. The van der Waals surface area contributed by atoms with Crippen molar-refractivity contribution >= 4 is 39.9 Å². The molecule has 0 N–H and O–H groups in total. The van der Waals surface area contributed by atoms with E-state index in [-0.39, 0.29) is 34.3 Å². The van der Waals surface area contributed by atoms with Gasteiger partial charge in [0.05, 0.1) is 16.9 Å². The quantitative estimate of drug-likeness (QED) is 0.173. The second-order valence-corrected chi connectivity index (χ2v) is 7.32. The van der Waals surface area contributed by atoms with Crippen LogP contribution in [0.1, 0.15) is 23.7 Å². The molecule has 4 heterocycles. The van der Waals surface area contributed by atoms with Crippen LogP contribution in [-0.4, -0.2) is 46.0 Å². The molecule has 0 bridgehead atoms.